The Kier molecular flexibility index (Phi) is 3.57. The molecule has 3 rings (SSSR count). The van der Waals surface area contributed by atoms with Crippen LogP contribution in [0.1, 0.15) is 15.9 Å². The summed E-state index contributed by atoms with van der Waals surface area (Å²) < 4.78 is 0. The van der Waals surface area contributed by atoms with Crippen LogP contribution in [0, 0.1) is 0 Å². The van der Waals surface area contributed by atoms with Gasteiger partial charge in [-0.15, -0.1) is 0 Å². The van der Waals surface area contributed by atoms with Crippen molar-refractivity contribution >= 4 is 46.4 Å². The number of rotatable bonds is 2. The Morgan fingerprint density at radius 3 is 2.67 bits per heavy atom. The number of nitrogens with one attached hydrogen (secondary N) is 2. The fourth-order valence-corrected chi connectivity index (χ4v) is 2.45. The minimum absolute atomic E-state index is 0.0436. The van der Waals surface area contributed by atoms with Gasteiger partial charge in [0.15, 0.2) is 0 Å². The van der Waals surface area contributed by atoms with Gasteiger partial charge in [-0.3, -0.25) is 9.59 Å². The van der Waals surface area contributed by atoms with Gasteiger partial charge in [-0.25, -0.2) is 0 Å². The highest BCUT2D eigenvalue weighted by atomic mass is 35.5. The first-order chi connectivity index (χ1) is 10.0. The summed E-state index contributed by atoms with van der Waals surface area (Å²) in [5, 5.41) is 6.23. The van der Waals surface area contributed by atoms with Gasteiger partial charge in [-0.2, -0.15) is 0 Å². The summed E-state index contributed by atoms with van der Waals surface area (Å²) >= 11 is 11.7. The molecule has 6 heteroatoms. The third kappa shape index (κ3) is 2.86. The minimum Gasteiger partial charge on any atom is -0.326 e. The van der Waals surface area contributed by atoms with E-state index in [0.717, 1.165) is 11.3 Å². The number of benzene rings is 2. The van der Waals surface area contributed by atoms with Crippen LogP contribution in [0.3, 0.4) is 0 Å². The lowest BCUT2D eigenvalue weighted by molar-refractivity contribution is -0.115. The largest absolute Gasteiger partial charge is 0.326 e. The second-order valence-corrected chi connectivity index (χ2v) is 5.49. The topological polar surface area (TPSA) is 58.2 Å². The summed E-state index contributed by atoms with van der Waals surface area (Å²) in [6.45, 7) is 0. The lowest BCUT2D eigenvalue weighted by Gasteiger charge is -2.07. The summed E-state index contributed by atoms with van der Waals surface area (Å²) in [5.74, 6) is -0.330. The predicted octanol–water partition coefficient (Wildman–Crippen LogP) is 3.74. The van der Waals surface area contributed by atoms with Gasteiger partial charge in [0.2, 0.25) is 5.91 Å². The molecule has 1 aliphatic rings. The first-order valence-electron chi connectivity index (χ1n) is 6.22. The Balaban J connectivity index is 1.80. The maximum atomic E-state index is 12.1. The number of anilines is 2. The average molecular weight is 321 g/mol. The molecule has 0 aliphatic carbocycles. The monoisotopic (exact) mass is 320 g/mol. The summed E-state index contributed by atoms with van der Waals surface area (Å²) in [6.07, 6.45) is 0.325. The van der Waals surface area contributed by atoms with E-state index in [9.17, 15) is 9.59 Å². The zero-order valence-electron chi connectivity index (χ0n) is 10.7. The van der Waals surface area contributed by atoms with Crippen molar-refractivity contribution in [1.82, 2.24) is 0 Å². The van der Waals surface area contributed by atoms with Crippen molar-refractivity contribution in [2.75, 3.05) is 10.6 Å². The van der Waals surface area contributed by atoms with E-state index in [0.29, 0.717) is 27.7 Å². The van der Waals surface area contributed by atoms with E-state index < -0.39 is 0 Å². The molecule has 2 aromatic rings. The lowest BCUT2D eigenvalue weighted by Crippen LogP contribution is -2.11. The highest BCUT2D eigenvalue weighted by Crippen LogP contribution is 2.27. The molecule has 0 aromatic heterocycles. The summed E-state index contributed by atoms with van der Waals surface area (Å²) in [6, 6.07) is 9.97. The molecule has 0 spiro atoms. The molecule has 1 aliphatic heterocycles. The molecule has 0 radical (unpaired) electrons. The zero-order chi connectivity index (χ0) is 15.0. The second-order valence-electron chi connectivity index (χ2n) is 4.68. The molecule has 106 valence electrons. The number of carbonyl (C=O) groups is 2. The molecule has 0 saturated carbocycles. The molecule has 0 unspecified atom stereocenters. The molecule has 0 fully saturated rings. The van der Waals surface area contributed by atoms with Gasteiger partial charge in [0, 0.05) is 16.9 Å². The molecule has 2 N–H and O–H groups in total. The van der Waals surface area contributed by atoms with Crippen molar-refractivity contribution in [2.45, 2.75) is 6.42 Å². The highest BCUT2D eigenvalue weighted by Gasteiger charge is 2.18. The van der Waals surface area contributed by atoms with Crippen molar-refractivity contribution in [1.29, 1.82) is 0 Å². The SMILES string of the molecule is O=C1Cc2cc(NC(=O)c3ccc(Cl)c(Cl)c3)ccc2N1. The molecule has 1 heterocycles. The van der Waals surface area contributed by atoms with Crippen LogP contribution in [0.2, 0.25) is 10.0 Å². The van der Waals surface area contributed by atoms with E-state index in [1.54, 1.807) is 30.3 Å². The van der Waals surface area contributed by atoms with Crippen molar-refractivity contribution in [3.63, 3.8) is 0 Å². The number of hydrogen-bond acceptors (Lipinski definition) is 2. The van der Waals surface area contributed by atoms with Gasteiger partial charge in [0.05, 0.1) is 16.5 Å². The van der Waals surface area contributed by atoms with Crippen molar-refractivity contribution in [3.8, 4) is 0 Å². The minimum atomic E-state index is -0.286. The summed E-state index contributed by atoms with van der Waals surface area (Å²) in [5.41, 5.74) is 2.69. The number of carbonyl (C=O) groups excluding carboxylic acids is 2. The number of amides is 2. The molecule has 0 saturated heterocycles. The third-order valence-corrected chi connectivity index (χ3v) is 3.91. The van der Waals surface area contributed by atoms with Gasteiger partial charge in [-0.1, -0.05) is 23.2 Å². The first-order valence-corrected chi connectivity index (χ1v) is 6.98. The first kappa shape index (κ1) is 13.9. The number of halogens is 2. The van der Waals surface area contributed by atoms with E-state index in [1.165, 1.54) is 6.07 Å². The second kappa shape index (κ2) is 5.39. The van der Waals surface area contributed by atoms with Crippen LogP contribution in [0.15, 0.2) is 36.4 Å². The molecule has 0 bridgehead atoms. The lowest BCUT2D eigenvalue weighted by atomic mass is 10.1. The Labute approximate surface area is 131 Å². The quantitative estimate of drug-likeness (QED) is 0.885. The third-order valence-electron chi connectivity index (χ3n) is 3.17. The van der Waals surface area contributed by atoms with Crippen LogP contribution in [0.25, 0.3) is 0 Å². The number of fused-ring (bicyclic) bond motifs is 1. The molecule has 0 atom stereocenters. The number of hydrogen-bond donors (Lipinski definition) is 2. The van der Waals surface area contributed by atoms with Gasteiger partial charge in [-0.05, 0) is 42.0 Å². The van der Waals surface area contributed by atoms with Crippen LogP contribution >= 0.6 is 23.2 Å². The van der Waals surface area contributed by atoms with Gasteiger partial charge in [0.25, 0.3) is 5.91 Å². The maximum Gasteiger partial charge on any atom is 0.255 e. The normalized spacial score (nSPS) is 12.8. The van der Waals surface area contributed by atoms with Crippen LogP contribution in [0.4, 0.5) is 11.4 Å². The highest BCUT2D eigenvalue weighted by molar-refractivity contribution is 6.42. The summed E-state index contributed by atoms with van der Waals surface area (Å²) in [4.78, 5) is 23.4. The van der Waals surface area contributed by atoms with E-state index in [1.807, 2.05) is 0 Å². The van der Waals surface area contributed by atoms with Crippen LogP contribution in [-0.4, -0.2) is 11.8 Å². The molecule has 2 amide bonds. The van der Waals surface area contributed by atoms with Crippen molar-refractivity contribution < 1.29 is 9.59 Å². The van der Waals surface area contributed by atoms with Gasteiger partial charge in [0.1, 0.15) is 0 Å². The zero-order valence-corrected chi connectivity index (χ0v) is 12.3. The van der Waals surface area contributed by atoms with Gasteiger partial charge >= 0.3 is 0 Å². The Morgan fingerprint density at radius 1 is 1.10 bits per heavy atom. The Morgan fingerprint density at radius 2 is 1.90 bits per heavy atom. The van der Waals surface area contributed by atoms with Crippen molar-refractivity contribution in [2.24, 2.45) is 0 Å². The molecular formula is C15H10Cl2N2O2. The van der Waals surface area contributed by atoms with E-state index in [2.05, 4.69) is 10.6 Å². The van der Waals surface area contributed by atoms with E-state index in [4.69, 9.17) is 23.2 Å². The predicted molar refractivity (Wildman–Crippen MR) is 83.2 cm³/mol. The van der Waals surface area contributed by atoms with Crippen LogP contribution in [-0.2, 0) is 11.2 Å². The Bertz CT molecular complexity index is 759. The molecule has 4 nitrogen and oxygen atoms in total. The summed E-state index contributed by atoms with van der Waals surface area (Å²) in [7, 11) is 0. The molecule has 21 heavy (non-hydrogen) atoms. The molecular weight excluding hydrogens is 311 g/mol. The average Bonchev–Trinajstić information content (AvgIpc) is 2.81. The smallest absolute Gasteiger partial charge is 0.255 e. The van der Waals surface area contributed by atoms with Crippen molar-refractivity contribution in [3.05, 3.63) is 57.6 Å². The standard InChI is InChI=1S/C15H10Cl2N2O2/c16-11-3-1-8(6-12(11)17)15(21)18-10-2-4-13-9(5-10)7-14(20)19-13/h1-6H,7H2,(H,18,21)(H,19,20). The van der Waals surface area contributed by atoms with Crippen LogP contribution in [0.5, 0.6) is 0 Å². The van der Waals surface area contributed by atoms with Gasteiger partial charge < -0.3 is 10.6 Å². The van der Waals surface area contributed by atoms with Crippen LogP contribution < -0.4 is 10.6 Å². The fourth-order valence-electron chi connectivity index (χ4n) is 2.15. The maximum absolute atomic E-state index is 12.1. The fraction of sp³-hybridized carbons (Fsp3) is 0.0667. The van der Waals surface area contributed by atoms with E-state index in [-0.39, 0.29) is 11.8 Å². The van der Waals surface area contributed by atoms with E-state index >= 15 is 0 Å². The molecule has 2 aromatic carbocycles. The Hall–Kier alpha value is -2.04.